The molecule has 0 aliphatic carbocycles. The summed E-state index contributed by atoms with van der Waals surface area (Å²) in [5.74, 6) is 1.18. The Morgan fingerprint density at radius 1 is 1.40 bits per heavy atom. The molecule has 0 aliphatic heterocycles. The van der Waals surface area contributed by atoms with Crippen molar-refractivity contribution in [2.75, 3.05) is 19.4 Å². The maximum Gasteiger partial charge on any atom is 0.129 e. The zero-order valence-corrected chi connectivity index (χ0v) is 9.81. The van der Waals surface area contributed by atoms with E-state index in [2.05, 4.69) is 0 Å². The first kappa shape index (κ1) is 12.3. The van der Waals surface area contributed by atoms with Crippen molar-refractivity contribution in [1.82, 2.24) is 0 Å². The second-order valence-corrected chi connectivity index (χ2v) is 4.63. The highest BCUT2D eigenvalue weighted by atomic mass is 32.2. The molecule has 1 atom stereocenters. The summed E-state index contributed by atoms with van der Waals surface area (Å²) in [4.78, 5) is 1.02. The maximum atomic E-state index is 13.5. The normalized spacial score (nSPS) is 14.7. The van der Waals surface area contributed by atoms with Crippen LogP contribution in [0.5, 0.6) is 5.75 Å². The summed E-state index contributed by atoms with van der Waals surface area (Å²) in [5, 5.41) is 0. The number of hydrogen-bond donors (Lipinski definition) is 1. The first-order valence-corrected chi connectivity index (χ1v) is 5.72. The van der Waals surface area contributed by atoms with Gasteiger partial charge in [-0.05, 0) is 31.2 Å². The number of methoxy groups -OCH3 is 1. The summed E-state index contributed by atoms with van der Waals surface area (Å²) in [6.45, 7) is 1.57. The number of ether oxygens (including phenoxy) is 1. The molecule has 0 aliphatic rings. The molecule has 0 saturated heterocycles. The lowest BCUT2D eigenvalue weighted by Crippen LogP contribution is -2.31. The van der Waals surface area contributed by atoms with Gasteiger partial charge in [-0.25, -0.2) is 4.39 Å². The van der Waals surface area contributed by atoms with Gasteiger partial charge < -0.3 is 10.5 Å². The van der Waals surface area contributed by atoms with Gasteiger partial charge in [-0.1, -0.05) is 0 Å². The Bertz CT molecular complexity index is 300. The predicted molar refractivity (Wildman–Crippen MR) is 62.3 cm³/mol. The Hall–Kier alpha value is -0.740. The van der Waals surface area contributed by atoms with Crippen molar-refractivity contribution in [1.29, 1.82) is 0 Å². The van der Waals surface area contributed by atoms with E-state index in [0.717, 1.165) is 10.6 Å². The molecule has 0 fully saturated rings. The van der Waals surface area contributed by atoms with Crippen LogP contribution in [0.25, 0.3) is 0 Å². The third-order valence-corrected chi connectivity index (χ3v) is 3.38. The molecule has 0 radical (unpaired) electrons. The third kappa shape index (κ3) is 4.10. The van der Waals surface area contributed by atoms with E-state index in [9.17, 15) is 4.39 Å². The van der Waals surface area contributed by atoms with Crippen LogP contribution in [0.1, 0.15) is 6.92 Å². The van der Waals surface area contributed by atoms with Crippen molar-refractivity contribution in [2.24, 2.45) is 5.73 Å². The van der Waals surface area contributed by atoms with Crippen LogP contribution in [0, 0.1) is 0 Å². The maximum absolute atomic E-state index is 13.5. The van der Waals surface area contributed by atoms with Crippen LogP contribution >= 0.6 is 11.8 Å². The van der Waals surface area contributed by atoms with Crippen LogP contribution in [-0.4, -0.2) is 25.1 Å². The largest absolute Gasteiger partial charge is 0.497 e. The molecule has 0 saturated carbocycles. The Kier molecular flexibility index (Phi) is 4.42. The van der Waals surface area contributed by atoms with Crippen molar-refractivity contribution in [3.05, 3.63) is 24.3 Å². The van der Waals surface area contributed by atoms with Gasteiger partial charge in [0.1, 0.15) is 11.4 Å². The van der Waals surface area contributed by atoms with E-state index in [1.807, 2.05) is 24.3 Å². The van der Waals surface area contributed by atoms with E-state index in [1.165, 1.54) is 18.7 Å². The molecule has 1 aromatic carbocycles. The number of alkyl halides is 1. The summed E-state index contributed by atoms with van der Waals surface area (Å²) in [6, 6.07) is 7.55. The predicted octanol–water partition coefficient (Wildman–Crippen LogP) is 2.47. The Morgan fingerprint density at radius 2 is 2.00 bits per heavy atom. The van der Waals surface area contributed by atoms with Crippen molar-refractivity contribution < 1.29 is 9.13 Å². The molecular formula is C11H16FNOS. The van der Waals surface area contributed by atoms with E-state index >= 15 is 0 Å². The fourth-order valence-electron chi connectivity index (χ4n) is 0.965. The average molecular weight is 229 g/mol. The van der Waals surface area contributed by atoms with Gasteiger partial charge in [0.25, 0.3) is 0 Å². The summed E-state index contributed by atoms with van der Waals surface area (Å²) in [7, 11) is 1.62. The average Bonchev–Trinajstić information content (AvgIpc) is 2.27. The lowest BCUT2D eigenvalue weighted by molar-refractivity contribution is 0.234. The molecule has 0 aromatic heterocycles. The highest BCUT2D eigenvalue weighted by molar-refractivity contribution is 7.99. The minimum Gasteiger partial charge on any atom is -0.497 e. The van der Waals surface area contributed by atoms with Crippen LogP contribution in [0.15, 0.2) is 29.2 Å². The lowest BCUT2D eigenvalue weighted by Gasteiger charge is -2.16. The lowest BCUT2D eigenvalue weighted by atomic mass is 10.2. The summed E-state index contributed by atoms with van der Waals surface area (Å²) < 4.78 is 18.5. The molecule has 0 spiro atoms. The van der Waals surface area contributed by atoms with Crippen molar-refractivity contribution in [3.63, 3.8) is 0 Å². The van der Waals surface area contributed by atoms with Gasteiger partial charge in [0.05, 0.1) is 7.11 Å². The zero-order valence-electron chi connectivity index (χ0n) is 9.00. The molecule has 2 N–H and O–H groups in total. The van der Waals surface area contributed by atoms with Crippen LogP contribution in [0.3, 0.4) is 0 Å². The number of halogens is 1. The molecule has 0 bridgehead atoms. The van der Waals surface area contributed by atoms with Crippen molar-refractivity contribution >= 4 is 11.8 Å². The molecule has 84 valence electrons. The van der Waals surface area contributed by atoms with Crippen molar-refractivity contribution in [2.45, 2.75) is 17.5 Å². The molecule has 4 heteroatoms. The van der Waals surface area contributed by atoms with E-state index < -0.39 is 5.67 Å². The topological polar surface area (TPSA) is 35.2 Å². The second-order valence-electron chi connectivity index (χ2n) is 3.58. The van der Waals surface area contributed by atoms with Gasteiger partial charge in [0.2, 0.25) is 0 Å². The quantitative estimate of drug-likeness (QED) is 0.788. The molecule has 1 aromatic rings. The molecule has 0 heterocycles. The standard InChI is InChI=1S/C11H16FNOS/c1-11(12,7-13)8-15-10-5-3-9(14-2)4-6-10/h3-6H,7-8,13H2,1-2H3. The first-order valence-electron chi connectivity index (χ1n) is 4.73. The second kappa shape index (κ2) is 5.37. The number of thioether (sulfide) groups is 1. The van der Waals surface area contributed by atoms with Gasteiger partial charge in [-0.15, -0.1) is 11.8 Å². The first-order chi connectivity index (χ1) is 7.07. The van der Waals surface area contributed by atoms with Gasteiger partial charge in [-0.3, -0.25) is 0 Å². The zero-order chi connectivity index (χ0) is 11.3. The number of benzene rings is 1. The van der Waals surface area contributed by atoms with Gasteiger partial charge >= 0.3 is 0 Å². The third-order valence-electron chi connectivity index (χ3n) is 2.02. The highest BCUT2D eigenvalue weighted by Crippen LogP contribution is 2.25. The summed E-state index contributed by atoms with van der Waals surface area (Å²) in [6.07, 6.45) is 0. The van der Waals surface area contributed by atoms with Crippen LogP contribution in [0.4, 0.5) is 4.39 Å². The fourth-order valence-corrected chi connectivity index (χ4v) is 1.88. The summed E-state index contributed by atoms with van der Waals surface area (Å²) >= 11 is 1.46. The molecule has 1 rings (SSSR count). The molecule has 2 nitrogen and oxygen atoms in total. The van der Waals surface area contributed by atoms with E-state index in [0.29, 0.717) is 5.75 Å². The smallest absolute Gasteiger partial charge is 0.129 e. The number of nitrogens with two attached hydrogens (primary N) is 1. The highest BCUT2D eigenvalue weighted by Gasteiger charge is 2.20. The van der Waals surface area contributed by atoms with Crippen LogP contribution in [0.2, 0.25) is 0 Å². The Balaban J connectivity index is 2.51. The van der Waals surface area contributed by atoms with E-state index in [-0.39, 0.29) is 6.54 Å². The molecule has 0 amide bonds. The minimum atomic E-state index is -1.30. The molecular weight excluding hydrogens is 213 g/mol. The number of hydrogen-bond acceptors (Lipinski definition) is 3. The van der Waals surface area contributed by atoms with Gasteiger partial charge in [-0.2, -0.15) is 0 Å². The van der Waals surface area contributed by atoms with Gasteiger partial charge in [0, 0.05) is 17.2 Å². The van der Waals surface area contributed by atoms with E-state index in [4.69, 9.17) is 10.5 Å². The van der Waals surface area contributed by atoms with Crippen LogP contribution in [-0.2, 0) is 0 Å². The molecule has 15 heavy (non-hydrogen) atoms. The van der Waals surface area contributed by atoms with E-state index in [1.54, 1.807) is 7.11 Å². The summed E-state index contributed by atoms with van der Waals surface area (Å²) in [5.41, 5.74) is 4.01. The molecule has 1 unspecified atom stereocenters. The van der Waals surface area contributed by atoms with Crippen molar-refractivity contribution in [3.8, 4) is 5.75 Å². The Labute approximate surface area is 94.0 Å². The number of rotatable bonds is 5. The monoisotopic (exact) mass is 229 g/mol. The van der Waals surface area contributed by atoms with Crippen LogP contribution < -0.4 is 10.5 Å². The SMILES string of the molecule is COc1ccc(SCC(C)(F)CN)cc1. The van der Waals surface area contributed by atoms with Gasteiger partial charge in [0.15, 0.2) is 0 Å². The minimum absolute atomic E-state index is 0.0517. The fraction of sp³-hybridized carbons (Fsp3) is 0.455. The Morgan fingerprint density at radius 3 is 2.47 bits per heavy atom.